The van der Waals surface area contributed by atoms with E-state index in [1.165, 1.54) is 13.1 Å². The highest BCUT2D eigenvalue weighted by molar-refractivity contribution is 6.20. The van der Waals surface area contributed by atoms with Gasteiger partial charge in [0.25, 0.3) is 5.91 Å². The Kier molecular flexibility index (Phi) is 7.12. The number of carbonyl (C=O) groups excluding carboxylic acids is 4. The summed E-state index contributed by atoms with van der Waals surface area (Å²) in [6.45, 7) is 2.68. The van der Waals surface area contributed by atoms with Gasteiger partial charge in [-0.3, -0.25) is 19.4 Å². The Morgan fingerprint density at radius 3 is 2.48 bits per heavy atom. The lowest BCUT2D eigenvalue weighted by Crippen LogP contribution is -2.38. The second kappa shape index (κ2) is 9.08. The fraction of sp³-hybridized carbons (Fsp3) is 0.267. The van der Waals surface area contributed by atoms with Crippen LogP contribution in [0, 0.1) is 0 Å². The standard InChI is InChI=1S/C15H18N4O4/c1-3-12(22)19-14(18-10(2)21)13(15(23)17-8-9-20)11-6-4-5-7-16-11/h4-7,9H,3,8H2,1-2H3,(H,17,23)(H,18,21)(H,19,22)/b14-13+. The van der Waals surface area contributed by atoms with E-state index in [2.05, 4.69) is 20.9 Å². The van der Waals surface area contributed by atoms with Crippen LogP contribution in [0.1, 0.15) is 26.0 Å². The Bertz CT molecular complexity index is 626. The summed E-state index contributed by atoms with van der Waals surface area (Å²) >= 11 is 0. The summed E-state index contributed by atoms with van der Waals surface area (Å²) in [5, 5.41) is 7.26. The Labute approximate surface area is 133 Å². The number of aromatic nitrogens is 1. The monoisotopic (exact) mass is 318 g/mol. The lowest BCUT2D eigenvalue weighted by atomic mass is 10.1. The molecule has 0 spiro atoms. The van der Waals surface area contributed by atoms with Gasteiger partial charge in [0.2, 0.25) is 11.8 Å². The van der Waals surface area contributed by atoms with Gasteiger partial charge >= 0.3 is 0 Å². The first-order valence-electron chi connectivity index (χ1n) is 6.94. The molecule has 1 rings (SSSR count). The molecule has 122 valence electrons. The molecule has 8 heteroatoms. The molecule has 0 radical (unpaired) electrons. The molecule has 23 heavy (non-hydrogen) atoms. The highest BCUT2D eigenvalue weighted by Gasteiger charge is 2.21. The van der Waals surface area contributed by atoms with Crippen LogP contribution in [0.25, 0.3) is 5.57 Å². The van der Waals surface area contributed by atoms with E-state index in [0.29, 0.717) is 6.29 Å². The molecule has 8 nitrogen and oxygen atoms in total. The fourth-order valence-corrected chi connectivity index (χ4v) is 1.65. The summed E-state index contributed by atoms with van der Waals surface area (Å²) < 4.78 is 0. The van der Waals surface area contributed by atoms with Crippen LogP contribution in [0.4, 0.5) is 0 Å². The van der Waals surface area contributed by atoms with Crippen molar-refractivity contribution in [1.82, 2.24) is 20.9 Å². The summed E-state index contributed by atoms with van der Waals surface area (Å²) in [5.41, 5.74) is 0.209. The largest absolute Gasteiger partial charge is 0.345 e. The maximum absolute atomic E-state index is 12.3. The average Bonchev–Trinajstić information content (AvgIpc) is 2.53. The normalized spacial score (nSPS) is 11.0. The third-order valence-corrected chi connectivity index (χ3v) is 2.63. The van der Waals surface area contributed by atoms with Crippen molar-refractivity contribution in [3.05, 3.63) is 35.9 Å². The highest BCUT2D eigenvalue weighted by Crippen LogP contribution is 2.14. The highest BCUT2D eigenvalue weighted by atomic mass is 16.2. The molecule has 0 unspecified atom stereocenters. The van der Waals surface area contributed by atoms with Gasteiger partial charge in [-0.1, -0.05) is 13.0 Å². The first kappa shape index (κ1) is 18.0. The van der Waals surface area contributed by atoms with Crippen molar-refractivity contribution >= 4 is 29.6 Å². The summed E-state index contributed by atoms with van der Waals surface area (Å²) in [7, 11) is 0. The molecule has 1 aromatic rings. The number of nitrogens with zero attached hydrogens (tertiary/aromatic N) is 1. The molecule has 0 bridgehead atoms. The van der Waals surface area contributed by atoms with Gasteiger partial charge < -0.3 is 20.7 Å². The van der Waals surface area contributed by atoms with E-state index in [4.69, 9.17) is 0 Å². The van der Waals surface area contributed by atoms with E-state index < -0.39 is 11.8 Å². The predicted octanol–water partition coefficient (Wildman–Crippen LogP) is -0.272. The number of carbonyl (C=O) groups is 4. The number of amides is 3. The van der Waals surface area contributed by atoms with Crippen molar-refractivity contribution in [2.24, 2.45) is 0 Å². The van der Waals surface area contributed by atoms with Gasteiger partial charge in [0.15, 0.2) is 0 Å². The first-order chi connectivity index (χ1) is 11.0. The molecule has 0 aliphatic heterocycles. The van der Waals surface area contributed by atoms with E-state index in [9.17, 15) is 19.2 Å². The van der Waals surface area contributed by atoms with Crippen LogP contribution in [0.15, 0.2) is 30.2 Å². The van der Waals surface area contributed by atoms with Crippen LogP contribution in [0.3, 0.4) is 0 Å². The average molecular weight is 318 g/mol. The van der Waals surface area contributed by atoms with Gasteiger partial charge in [0.1, 0.15) is 17.7 Å². The molecule has 1 heterocycles. The molecule has 0 aromatic carbocycles. The number of hydrogen-bond donors (Lipinski definition) is 3. The van der Waals surface area contributed by atoms with E-state index in [-0.39, 0.29) is 36.0 Å². The van der Waals surface area contributed by atoms with E-state index in [1.807, 2.05) is 0 Å². The lowest BCUT2D eigenvalue weighted by Gasteiger charge is -2.15. The van der Waals surface area contributed by atoms with Gasteiger partial charge in [-0.25, -0.2) is 0 Å². The van der Waals surface area contributed by atoms with Crippen LogP contribution < -0.4 is 16.0 Å². The Balaban J connectivity index is 3.38. The van der Waals surface area contributed by atoms with Gasteiger partial charge in [0.05, 0.1) is 12.2 Å². The Morgan fingerprint density at radius 2 is 1.96 bits per heavy atom. The minimum absolute atomic E-state index is 0.0375. The third kappa shape index (κ3) is 5.70. The summed E-state index contributed by atoms with van der Waals surface area (Å²) in [5.74, 6) is -1.57. The second-order valence-corrected chi connectivity index (χ2v) is 4.42. The summed E-state index contributed by atoms with van der Waals surface area (Å²) in [4.78, 5) is 49.9. The van der Waals surface area contributed by atoms with Crippen LogP contribution in [0.5, 0.6) is 0 Å². The SMILES string of the molecule is CCC(=O)N/C(NC(C)=O)=C(/C(=O)NCC=O)c1ccccn1. The topological polar surface area (TPSA) is 117 Å². The molecule has 3 amide bonds. The number of hydrogen-bond acceptors (Lipinski definition) is 5. The maximum Gasteiger partial charge on any atom is 0.257 e. The number of aldehydes is 1. The zero-order valence-electron chi connectivity index (χ0n) is 12.9. The lowest BCUT2D eigenvalue weighted by molar-refractivity contribution is -0.120. The van der Waals surface area contributed by atoms with Crippen LogP contribution in [-0.4, -0.2) is 35.5 Å². The van der Waals surface area contributed by atoms with Crippen molar-refractivity contribution in [2.45, 2.75) is 20.3 Å². The van der Waals surface area contributed by atoms with Gasteiger partial charge in [-0.15, -0.1) is 0 Å². The molecule has 1 aromatic heterocycles. The molecule has 0 aliphatic carbocycles. The van der Waals surface area contributed by atoms with Crippen molar-refractivity contribution in [3.8, 4) is 0 Å². The molecular weight excluding hydrogens is 300 g/mol. The van der Waals surface area contributed by atoms with Crippen LogP contribution in [0.2, 0.25) is 0 Å². The maximum atomic E-state index is 12.3. The molecule has 3 N–H and O–H groups in total. The van der Waals surface area contributed by atoms with E-state index in [1.54, 1.807) is 25.1 Å². The number of pyridine rings is 1. The van der Waals surface area contributed by atoms with Gasteiger partial charge in [0, 0.05) is 19.5 Å². The smallest absolute Gasteiger partial charge is 0.257 e. The molecule has 0 fully saturated rings. The minimum atomic E-state index is -0.643. The summed E-state index contributed by atoms with van der Waals surface area (Å²) in [6, 6.07) is 4.87. The predicted molar refractivity (Wildman–Crippen MR) is 82.5 cm³/mol. The van der Waals surface area contributed by atoms with Crippen molar-refractivity contribution in [3.63, 3.8) is 0 Å². The molecule has 0 saturated carbocycles. The van der Waals surface area contributed by atoms with E-state index >= 15 is 0 Å². The number of rotatable bonds is 7. The van der Waals surface area contributed by atoms with E-state index in [0.717, 1.165) is 0 Å². The second-order valence-electron chi connectivity index (χ2n) is 4.42. The van der Waals surface area contributed by atoms with Crippen LogP contribution in [-0.2, 0) is 19.2 Å². The first-order valence-corrected chi connectivity index (χ1v) is 6.94. The van der Waals surface area contributed by atoms with Crippen molar-refractivity contribution in [2.75, 3.05) is 6.54 Å². The third-order valence-electron chi connectivity index (χ3n) is 2.63. The quantitative estimate of drug-likeness (QED) is 0.472. The number of nitrogens with one attached hydrogen (secondary N) is 3. The summed E-state index contributed by atoms with van der Waals surface area (Å²) in [6.07, 6.45) is 2.15. The molecule has 0 saturated heterocycles. The molecule has 0 aliphatic rings. The Morgan fingerprint density at radius 1 is 1.22 bits per heavy atom. The van der Waals surface area contributed by atoms with Gasteiger partial charge in [-0.05, 0) is 12.1 Å². The fourth-order valence-electron chi connectivity index (χ4n) is 1.65. The van der Waals surface area contributed by atoms with Gasteiger partial charge in [-0.2, -0.15) is 0 Å². The zero-order chi connectivity index (χ0) is 17.2. The van der Waals surface area contributed by atoms with Crippen molar-refractivity contribution in [1.29, 1.82) is 0 Å². The molecular formula is C15H18N4O4. The Hall–Kier alpha value is -3.03. The molecule has 0 atom stereocenters. The zero-order valence-corrected chi connectivity index (χ0v) is 12.9. The van der Waals surface area contributed by atoms with Crippen LogP contribution >= 0.6 is 0 Å². The van der Waals surface area contributed by atoms with Crippen molar-refractivity contribution < 1.29 is 19.2 Å². The minimum Gasteiger partial charge on any atom is -0.345 e.